The average Bonchev–Trinajstić information content (AvgIpc) is 2.07. The SMILES string of the molecule is ClCCCNc1ccncn1. The maximum absolute atomic E-state index is 5.50. The Morgan fingerprint density at radius 3 is 3.09 bits per heavy atom. The van der Waals surface area contributed by atoms with Gasteiger partial charge in [0.25, 0.3) is 0 Å². The zero-order valence-corrected chi connectivity index (χ0v) is 6.88. The highest BCUT2D eigenvalue weighted by atomic mass is 35.5. The van der Waals surface area contributed by atoms with Crippen LogP contribution in [0, 0.1) is 0 Å². The summed E-state index contributed by atoms with van der Waals surface area (Å²) in [5.41, 5.74) is 0. The van der Waals surface area contributed by atoms with Crippen LogP contribution in [0.3, 0.4) is 0 Å². The van der Waals surface area contributed by atoms with Crippen molar-refractivity contribution in [2.24, 2.45) is 0 Å². The highest BCUT2D eigenvalue weighted by molar-refractivity contribution is 6.17. The Morgan fingerprint density at radius 2 is 2.45 bits per heavy atom. The number of aromatic nitrogens is 2. The van der Waals surface area contributed by atoms with Gasteiger partial charge in [0.05, 0.1) is 0 Å². The summed E-state index contributed by atoms with van der Waals surface area (Å²) < 4.78 is 0. The Kier molecular flexibility index (Phi) is 3.69. The molecule has 0 saturated heterocycles. The van der Waals surface area contributed by atoms with Gasteiger partial charge in [-0.05, 0) is 12.5 Å². The zero-order chi connectivity index (χ0) is 7.94. The highest BCUT2D eigenvalue weighted by Crippen LogP contribution is 1.97. The molecule has 1 rings (SSSR count). The molecule has 0 atom stereocenters. The molecule has 0 radical (unpaired) electrons. The Morgan fingerprint density at radius 1 is 1.55 bits per heavy atom. The Balaban J connectivity index is 2.28. The van der Waals surface area contributed by atoms with E-state index in [0.717, 1.165) is 18.8 Å². The molecule has 1 aromatic rings. The van der Waals surface area contributed by atoms with Crippen LogP contribution in [0.15, 0.2) is 18.6 Å². The standard InChI is InChI=1S/C7H10ClN3/c8-3-1-4-10-7-2-5-9-6-11-7/h2,5-6H,1,3-4H2,(H,9,10,11). The van der Waals surface area contributed by atoms with Crippen molar-refractivity contribution < 1.29 is 0 Å². The highest BCUT2D eigenvalue weighted by Gasteiger charge is 1.88. The molecule has 0 aliphatic carbocycles. The Labute approximate surface area is 70.8 Å². The lowest BCUT2D eigenvalue weighted by Crippen LogP contribution is -2.03. The van der Waals surface area contributed by atoms with Crippen LogP contribution in [0.5, 0.6) is 0 Å². The minimum Gasteiger partial charge on any atom is -0.370 e. The number of halogens is 1. The van der Waals surface area contributed by atoms with Crippen molar-refractivity contribution >= 4 is 17.4 Å². The average molecular weight is 172 g/mol. The van der Waals surface area contributed by atoms with E-state index in [9.17, 15) is 0 Å². The molecule has 1 heterocycles. The van der Waals surface area contributed by atoms with Crippen LogP contribution in [0.1, 0.15) is 6.42 Å². The molecular weight excluding hydrogens is 162 g/mol. The summed E-state index contributed by atoms with van der Waals surface area (Å²) in [6.45, 7) is 0.862. The molecule has 4 heteroatoms. The summed E-state index contributed by atoms with van der Waals surface area (Å²) in [6.07, 6.45) is 4.17. The third kappa shape index (κ3) is 3.18. The molecule has 0 saturated carbocycles. The topological polar surface area (TPSA) is 37.8 Å². The number of hydrogen-bond donors (Lipinski definition) is 1. The summed E-state index contributed by atoms with van der Waals surface area (Å²) >= 11 is 5.50. The van der Waals surface area contributed by atoms with Crippen molar-refractivity contribution in [2.75, 3.05) is 17.7 Å². The molecule has 60 valence electrons. The van der Waals surface area contributed by atoms with Crippen LogP contribution in [0.4, 0.5) is 5.82 Å². The maximum atomic E-state index is 5.50. The van der Waals surface area contributed by atoms with Crippen LogP contribution in [-0.4, -0.2) is 22.4 Å². The predicted octanol–water partition coefficient (Wildman–Crippen LogP) is 1.52. The molecule has 0 spiro atoms. The van der Waals surface area contributed by atoms with E-state index in [0.29, 0.717) is 5.88 Å². The fraction of sp³-hybridized carbons (Fsp3) is 0.429. The lowest BCUT2D eigenvalue weighted by atomic mass is 10.4. The lowest BCUT2D eigenvalue weighted by molar-refractivity contribution is 0.971. The third-order valence-electron chi connectivity index (χ3n) is 1.20. The fourth-order valence-electron chi connectivity index (χ4n) is 0.679. The smallest absolute Gasteiger partial charge is 0.129 e. The minimum absolute atomic E-state index is 0.679. The van der Waals surface area contributed by atoms with E-state index < -0.39 is 0 Å². The molecule has 0 aromatic carbocycles. The summed E-state index contributed by atoms with van der Waals surface area (Å²) in [5, 5.41) is 3.11. The minimum atomic E-state index is 0.679. The van der Waals surface area contributed by atoms with Gasteiger partial charge in [-0.1, -0.05) is 0 Å². The van der Waals surface area contributed by atoms with Gasteiger partial charge in [0.1, 0.15) is 12.1 Å². The second-order valence-electron chi connectivity index (χ2n) is 2.06. The van der Waals surface area contributed by atoms with Crippen molar-refractivity contribution in [2.45, 2.75) is 6.42 Å². The van der Waals surface area contributed by atoms with Crippen LogP contribution in [0.2, 0.25) is 0 Å². The Hall–Kier alpha value is -0.830. The molecule has 0 fully saturated rings. The van der Waals surface area contributed by atoms with Gasteiger partial charge in [0.2, 0.25) is 0 Å². The first-order valence-electron chi connectivity index (χ1n) is 3.49. The van der Waals surface area contributed by atoms with Crippen molar-refractivity contribution in [3.05, 3.63) is 18.6 Å². The molecule has 0 aliphatic rings. The molecular formula is C7H10ClN3. The van der Waals surface area contributed by atoms with E-state index in [1.54, 1.807) is 6.20 Å². The number of anilines is 1. The normalized spacial score (nSPS) is 9.55. The van der Waals surface area contributed by atoms with Crippen molar-refractivity contribution in [3.8, 4) is 0 Å². The van der Waals surface area contributed by atoms with Crippen LogP contribution < -0.4 is 5.32 Å². The number of alkyl halides is 1. The van der Waals surface area contributed by atoms with Gasteiger partial charge in [0.15, 0.2) is 0 Å². The van der Waals surface area contributed by atoms with Crippen molar-refractivity contribution in [3.63, 3.8) is 0 Å². The quantitative estimate of drug-likeness (QED) is 0.552. The van der Waals surface area contributed by atoms with Gasteiger partial charge in [-0.2, -0.15) is 0 Å². The fourth-order valence-corrected chi connectivity index (χ4v) is 0.812. The maximum Gasteiger partial charge on any atom is 0.129 e. The molecule has 0 amide bonds. The first-order valence-corrected chi connectivity index (χ1v) is 4.03. The predicted molar refractivity (Wildman–Crippen MR) is 45.9 cm³/mol. The van der Waals surface area contributed by atoms with E-state index in [1.165, 1.54) is 6.33 Å². The van der Waals surface area contributed by atoms with E-state index in [-0.39, 0.29) is 0 Å². The summed E-state index contributed by atoms with van der Waals surface area (Å²) in [5.74, 6) is 1.53. The van der Waals surface area contributed by atoms with Crippen molar-refractivity contribution in [1.29, 1.82) is 0 Å². The molecule has 0 unspecified atom stereocenters. The zero-order valence-electron chi connectivity index (χ0n) is 6.13. The van der Waals surface area contributed by atoms with E-state index >= 15 is 0 Å². The lowest BCUT2D eigenvalue weighted by Gasteiger charge is -2.01. The molecule has 3 nitrogen and oxygen atoms in total. The monoisotopic (exact) mass is 171 g/mol. The van der Waals surface area contributed by atoms with Crippen molar-refractivity contribution in [1.82, 2.24) is 9.97 Å². The third-order valence-corrected chi connectivity index (χ3v) is 1.47. The second kappa shape index (κ2) is 4.91. The van der Waals surface area contributed by atoms with E-state index in [4.69, 9.17) is 11.6 Å². The first-order chi connectivity index (χ1) is 5.43. The van der Waals surface area contributed by atoms with Crippen LogP contribution in [-0.2, 0) is 0 Å². The van der Waals surface area contributed by atoms with Crippen LogP contribution in [0.25, 0.3) is 0 Å². The molecule has 0 bridgehead atoms. The van der Waals surface area contributed by atoms with Crippen LogP contribution >= 0.6 is 11.6 Å². The number of rotatable bonds is 4. The number of nitrogens with zero attached hydrogens (tertiary/aromatic N) is 2. The summed E-state index contributed by atoms with van der Waals surface area (Å²) in [4.78, 5) is 7.78. The summed E-state index contributed by atoms with van der Waals surface area (Å²) in [6, 6.07) is 1.83. The van der Waals surface area contributed by atoms with Gasteiger partial charge >= 0.3 is 0 Å². The first kappa shape index (κ1) is 8.27. The largest absolute Gasteiger partial charge is 0.370 e. The van der Waals surface area contributed by atoms with Gasteiger partial charge in [-0.3, -0.25) is 0 Å². The van der Waals surface area contributed by atoms with Gasteiger partial charge in [0, 0.05) is 18.6 Å². The molecule has 1 N–H and O–H groups in total. The number of hydrogen-bond acceptors (Lipinski definition) is 3. The molecule has 0 aliphatic heterocycles. The number of nitrogens with one attached hydrogen (secondary N) is 1. The second-order valence-corrected chi connectivity index (χ2v) is 2.44. The van der Waals surface area contributed by atoms with E-state index in [1.807, 2.05) is 6.07 Å². The van der Waals surface area contributed by atoms with Gasteiger partial charge in [-0.15, -0.1) is 11.6 Å². The Bertz CT molecular complexity index is 190. The molecule has 1 aromatic heterocycles. The summed E-state index contributed by atoms with van der Waals surface area (Å²) in [7, 11) is 0. The van der Waals surface area contributed by atoms with E-state index in [2.05, 4.69) is 15.3 Å². The van der Waals surface area contributed by atoms with Gasteiger partial charge in [-0.25, -0.2) is 9.97 Å². The van der Waals surface area contributed by atoms with Gasteiger partial charge < -0.3 is 5.32 Å². The molecule has 11 heavy (non-hydrogen) atoms.